The minimum atomic E-state index is 0. The number of isothiocyanates is 2. The molecule has 0 unspecified atom stereocenters. The second kappa shape index (κ2) is 34.8. The Morgan fingerprint density at radius 2 is 0.510 bits per heavy atom. The van der Waals surface area contributed by atoms with Crippen LogP contribution < -0.4 is 0 Å². The van der Waals surface area contributed by atoms with E-state index in [0.29, 0.717) is 0 Å². The van der Waals surface area contributed by atoms with Gasteiger partial charge in [0.1, 0.15) is 0 Å². The van der Waals surface area contributed by atoms with E-state index in [2.05, 4.69) is 74.3 Å². The Hall–Kier alpha value is -4.57. The van der Waals surface area contributed by atoms with E-state index in [1.54, 1.807) is 62.0 Å². The Morgan fingerprint density at radius 1 is 0.367 bits per heavy atom. The summed E-state index contributed by atoms with van der Waals surface area (Å²) in [6, 6.07) is 0. The predicted molar refractivity (Wildman–Crippen MR) is 199 cm³/mol. The van der Waals surface area contributed by atoms with Crippen molar-refractivity contribution < 1.29 is 27.7 Å². The summed E-state index contributed by atoms with van der Waals surface area (Å²) in [6.45, 7) is 19.3. The molecule has 5 rings (SSSR count). The normalized spacial score (nSPS) is 7.88. The Morgan fingerprint density at radius 3 is 0.592 bits per heavy atom. The molecule has 0 atom stereocenters. The molecular formula is C32H46CoN12O2S2+2. The maximum absolute atomic E-state index is 7.13. The Kier molecular flexibility index (Phi) is 38.2. The Labute approximate surface area is 310 Å². The van der Waals surface area contributed by atoms with Crippen LogP contribution in [0.1, 0.15) is 56.9 Å². The average Bonchev–Trinajstić information content (AvgIpc) is 3.00. The largest absolute Gasteiger partial charge is 2.00 e. The van der Waals surface area contributed by atoms with Gasteiger partial charge in [-0.25, -0.2) is 0 Å². The first-order valence-electron chi connectivity index (χ1n) is 13.6. The topological polar surface area (TPSA) is 240 Å². The molecule has 0 spiro atoms. The van der Waals surface area contributed by atoms with Gasteiger partial charge in [0.25, 0.3) is 0 Å². The van der Waals surface area contributed by atoms with Crippen molar-refractivity contribution >= 4 is 34.8 Å². The van der Waals surface area contributed by atoms with Crippen LogP contribution in [0.4, 0.5) is 0 Å². The number of rotatable bonds is 0. The molecule has 17 heteroatoms. The van der Waals surface area contributed by atoms with Gasteiger partial charge in [0, 0.05) is 62.0 Å². The standard InChI is InChI=1S/5C6H8N2.2CNS.Co.2H2O/c3*1-5-3-8-6(2)4-7-5;2*1-5-3-7-4-6(2)8-5;2*2-1-3;;;/h5*3-4H,1-2H3;;;;2*1H2/q;;;;;2*-1;+2;;/p+2. The van der Waals surface area contributed by atoms with E-state index >= 15 is 0 Å². The first kappa shape index (κ1) is 53.9. The molecule has 0 saturated heterocycles. The fraction of sp³-hybridized carbons (Fsp3) is 0.312. The fourth-order valence-corrected chi connectivity index (χ4v) is 2.55. The summed E-state index contributed by atoms with van der Waals surface area (Å²) in [5.41, 5.74) is 9.72. The molecule has 0 fully saturated rings. The Bertz CT molecular complexity index is 1330. The van der Waals surface area contributed by atoms with E-state index in [4.69, 9.17) is 10.8 Å². The van der Waals surface area contributed by atoms with E-state index in [1.807, 2.05) is 69.2 Å². The molecule has 0 saturated carbocycles. The second-order valence-corrected chi connectivity index (χ2v) is 9.55. The van der Waals surface area contributed by atoms with Crippen LogP contribution in [0.2, 0.25) is 0 Å². The first-order chi connectivity index (χ1) is 21.8. The SMILES string of the molecule is Cc1cnc(C)cn1.Cc1cnc(C)cn1.Cc1cnc(C)cn1.Cc1cncc(C)n1.Cc1cncc(C)n1.[Co+2].[N-]=C=S.[N-]=C=S.[OH3+].[OH3+]. The number of nitrogens with zero attached hydrogens (tertiary/aromatic N) is 12. The van der Waals surface area contributed by atoms with Gasteiger partial charge in [0.2, 0.25) is 0 Å². The van der Waals surface area contributed by atoms with Crippen LogP contribution in [0, 0.1) is 69.2 Å². The summed E-state index contributed by atoms with van der Waals surface area (Å²) < 4.78 is 0. The zero-order valence-electron chi connectivity index (χ0n) is 29.4. The summed E-state index contributed by atoms with van der Waals surface area (Å²) in [5, 5.41) is 16.9. The van der Waals surface area contributed by atoms with Gasteiger partial charge >= 0.3 is 16.8 Å². The van der Waals surface area contributed by atoms with E-state index in [9.17, 15) is 0 Å². The smallest absolute Gasteiger partial charge is 0.753 e. The van der Waals surface area contributed by atoms with Crippen LogP contribution in [0.3, 0.4) is 0 Å². The van der Waals surface area contributed by atoms with Crippen molar-refractivity contribution in [2.24, 2.45) is 0 Å². The van der Waals surface area contributed by atoms with Crippen molar-refractivity contribution in [3.05, 3.63) is 130 Å². The van der Waals surface area contributed by atoms with E-state index in [-0.39, 0.29) is 27.7 Å². The van der Waals surface area contributed by atoms with Crippen LogP contribution >= 0.6 is 24.4 Å². The first-order valence-corrected chi connectivity index (χ1v) is 14.4. The third kappa shape index (κ3) is 36.1. The van der Waals surface area contributed by atoms with Crippen LogP contribution in [0.5, 0.6) is 0 Å². The molecule has 0 aliphatic carbocycles. The van der Waals surface area contributed by atoms with Crippen molar-refractivity contribution in [1.29, 1.82) is 0 Å². The minimum absolute atomic E-state index is 0. The molecule has 49 heavy (non-hydrogen) atoms. The maximum Gasteiger partial charge on any atom is 2.00 e. The molecular weight excluding hydrogens is 708 g/mol. The van der Waals surface area contributed by atoms with Gasteiger partial charge in [-0.05, 0) is 69.2 Å². The zero-order valence-corrected chi connectivity index (χ0v) is 32.1. The second-order valence-electron chi connectivity index (χ2n) is 9.18. The molecule has 0 amide bonds. The van der Waals surface area contributed by atoms with Gasteiger partial charge in [-0.3, -0.25) is 49.8 Å². The molecule has 0 aliphatic rings. The van der Waals surface area contributed by atoms with Crippen LogP contribution in [-0.2, 0) is 27.7 Å². The molecule has 6 N–H and O–H groups in total. The number of hydrogen-bond donors (Lipinski definition) is 0. The molecule has 1 radical (unpaired) electrons. The average molecular weight is 754 g/mol. The molecule has 0 aliphatic heterocycles. The number of aromatic nitrogens is 10. The molecule has 5 heterocycles. The van der Waals surface area contributed by atoms with E-state index < -0.39 is 0 Å². The van der Waals surface area contributed by atoms with Crippen LogP contribution in [0.15, 0.2) is 62.0 Å². The molecule has 0 bridgehead atoms. The van der Waals surface area contributed by atoms with Gasteiger partial charge in [-0.1, -0.05) is 24.4 Å². The van der Waals surface area contributed by atoms with Gasteiger partial charge in [0.15, 0.2) is 0 Å². The van der Waals surface area contributed by atoms with Gasteiger partial charge in [0.05, 0.1) is 56.9 Å². The molecule has 5 aromatic heterocycles. The molecule has 14 nitrogen and oxygen atoms in total. The fourth-order valence-electron chi connectivity index (χ4n) is 2.55. The summed E-state index contributed by atoms with van der Waals surface area (Å²) in [7, 11) is 0. The van der Waals surface area contributed by atoms with Crippen molar-refractivity contribution in [3.63, 3.8) is 0 Å². The molecule has 5 aromatic rings. The predicted octanol–water partition coefficient (Wildman–Crippen LogP) is 4.94. The van der Waals surface area contributed by atoms with E-state index in [0.717, 1.165) is 56.9 Å². The number of hydrogen-bond acceptors (Lipinski definition) is 12. The monoisotopic (exact) mass is 753 g/mol. The van der Waals surface area contributed by atoms with Crippen LogP contribution in [0.25, 0.3) is 10.8 Å². The number of thiocarbonyl (C=S) groups is 2. The third-order valence-corrected chi connectivity index (χ3v) is 4.48. The van der Waals surface area contributed by atoms with Crippen LogP contribution in [-0.4, -0.2) is 60.2 Å². The zero-order chi connectivity index (χ0) is 35.3. The number of aryl methyl sites for hydroxylation is 10. The summed E-state index contributed by atoms with van der Waals surface area (Å²) >= 11 is 7.40. The summed E-state index contributed by atoms with van der Waals surface area (Å²) in [6.07, 6.45) is 17.5. The van der Waals surface area contributed by atoms with Gasteiger partial charge in [-0.2, -0.15) is 10.3 Å². The summed E-state index contributed by atoms with van der Waals surface area (Å²) in [5.74, 6) is 0. The third-order valence-electron chi connectivity index (χ3n) is 4.48. The Balaban J connectivity index is -0.000000156. The quantitative estimate of drug-likeness (QED) is 0.116. The maximum atomic E-state index is 7.13. The van der Waals surface area contributed by atoms with Crippen molar-refractivity contribution in [2.75, 3.05) is 0 Å². The minimum Gasteiger partial charge on any atom is -0.753 e. The van der Waals surface area contributed by atoms with Crippen molar-refractivity contribution in [3.8, 4) is 0 Å². The van der Waals surface area contributed by atoms with Gasteiger partial charge in [-0.15, -0.1) is 0 Å². The van der Waals surface area contributed by atoms with E-state index in [1.165, 1.54) is 10.3 Å². The molecule has 0 aromatic carbocycles. The van der Waals surface area contributed by atoms with Crippen molar-refractivity contribution in [1.82, 2.24) is 49.8 Å². The van der Waals surface area contributed by atoms with Crippen molar-refractivity contribution in [2.45, 2.75) is 69.2 Å². The summed E-state index contributed by atoms with van der Waals surface area (Å²) in [4.78, 5) is 40.2. The molecule has 265 valence electrons. The van der Waals surface area contributed by atoms with Gasteiger partial charge < -0.3 is 21.8 Å².